The molecule has 2 aliphatic rings. The van der Waals surface area contributed by atoms with E-state index in [0.717, 1.165) is 53.2 Å². The number of rotatable bonds is 33. The van der Waals surface area contributed by atoms with Gasteiger partial charge < -0.3 is 55.3 Å². The van der Waals surface area contributed by atoms with Crippen LogP contribution in [0.3, 0.4) is 0 Å². The van der Waals surface area contributed by atoms with Gasteiger partial charge in [0.2, 0.25) is 29.5 Å². The van der Waals surface area contributed by atoms with Crippen LogP contribution in [-0.2, 0) is 52.3 Å². The Hall–Kier alpha value is 0.865. The number of nitrogens with one attached hydrogen (secondary N) is 1. The second-order valence-electron chi connectivity index (χ2n) is 26.0. The molecule has 2 aliphatic heterocycles. The monoisotopic (exact) mass is 2040 g/mol. The second-order valence-corrected chi connectivity index (χ2v) is 33.6. The summed E-state index contributed by atoms with van der Waals surface area (Å²) in [6.45, 7) is 59.4. The van der Waals surface area contributed by atoms with Crippen molar-refractivity contribution in [1.82, 2.24) is 29.8 Å². The number of halogens is 9. The number of ketones is 1. The molecule has 0 spiro atoms. The van der Waals surface area contributed by atoms with Gasteiger partial charge in [-0.15, -0.1) is 92.8 Å². The number of likely N-dealkylation sites (tertiary alicyclic amines) is 2. The average Bonchev–Trinajstić information content (AvgIpc) is 0.773. The number of piperidine rings is 2. The number of carbonyl (C=O) groups excluding carboxylic acids is 6. The van der Waals surface area contributed by atoms with E-state index in [1.54, 1.807) is 79.5 Å². The Balaban J connectivity index is -0.0000000700. The van der Waals surface area contributed by atoms with Crippen molar-refractivity contribution in [2.24, 2.45) is 17.8 Å². The predicted octanol–water partition coefficient (Wildman–Crippen LogP) is 22.7. The Labute approximate surface area is 813 Å². The van der Waals surface area contributed by atoms with Crippen molar-refractivity contribution in [3.05, 3.63) is 0 Å². The molecule has 2 saturated heterocycles. The molecule has 0 aromatic carbocycles. The molecule has 13 atom stereocenters. The first-order valence-corrected chi connectivity index (χ1v) is 55.9. The second kappa shape index (κ2) is 160. The number of aliphatic hydroxyl groups is 5. The predicted molar refractivity (Wildman–Crippen MR) is 562 cm³/mol. The van der Waals surface area contributed by atoms with Crippen LogP contribution in [0.2, 0.25) is 0 Å². The van der Waals surface area contributed by atoms with Gasteiger partial charge in [-0.25, -0.2) is 0 Å². The number of amides is 5. The van der Waals surface area contributed by atoms with Crippen LogP contribution in [0.25, 0.3) is 0 Å². The van der Waals surface area contributed by atoms with Crippen LogP contribution in [0, 0.1) is 17.8 Å². The fraction of sp³-hybridized carbons (Fsp3) is 0.927. The molecule has 0 saturated carbocycles. The molecule has 2 fully saturated rings. The number of hydrogen-bond acceptors (Lipinski definition) is 17. The molecule has 0 aromatic rings. The summed E-state index contributed by atoms with van der Waals surface area (Å²) in [7, 11) is 8.37. The third-order valence-electron chi connectivity index (χ3n) is 14.9. The van der Waals surface area contributed by atoms with Crippen molar-refractivity contribution in [2.75, 3.05) is 122 Å². The Morgan fingerprint density at radius 2 is 0.691 bits per heavy atom. The Bertz CT molecular complexity index is 1960. The third-order valence-corrected chi connectivity index (χ3v) is 16.2. The Morgan fingerprint density at radius 1 is 0.447 bits per heavy atom. The standard InChI is InChI=1S/C38H68N6O6.C7H16.C6H14.C5H12.C4H10.C3H8.5C2H6O.4CH4BOP.4CH2Cl2.CH4.BClHOP/c1-13-16-17-18-19-30(27(8)45)43-22-25(6)20-31(36(43)48)42(12)38(50)33(24(4)5)44-23-26(7)21-32(37(44)49)41(11)35(47)29(15-3)40(10)34(46)28(14-2)39-9;1-3-5-7-6-4-2;1-3-5-6-4-2;1-3-5-4-2;1-3-4-2;1-3-2;5*1-2-3;4*1-4-2-3;4*2-1-3;;2-4-1-3/h24-26,28-33,39H,13-23H2,1-12H3;3-7H2,1-2H3;3-6H2,1-2H3;3-5H2,1-2H3;3-4H2,1-2H3;3H2,1-2H3;5*3H,2H2,1H3;4*4H,1H3;4*1H2;1H4;4H. The van der Waals surface area contributed by atoms with Crippen LogP contribution >= 0.6 is 146 Å². The zero-order valence-electron chi connectivity index (χ0n) is 82.2. The van der Waals surface area contributed by atoms with Crippen LogP contribution < -0.4 is 5.32 Å². The minimum atomic E-state index is -0.843. The molecule has 0 aromatic heterocycles. The van der Waals surface area contributed by atoms with Gasteiger partial charge in [-0.05, 0) is 98.4 Å². The van der Waals surface area contributed by atoms with Gasteiger partial charge in [0.15, 0.2) is 5.78 Å². The molecule has 0 radical (unpaired) electrons. The summed E-state index contributed by atoms with van der Waals surface area (Å²) in [6.07, 6.45) is 27.0. The summed E-state index contributed by atoms with van der Waals surface area (Å²) < 4.78 is 45.8. The van der Waals surface area contributed by atoms with Crippen molar-refractivity contribution in [2.45, 2.75) is 357 Å². The first-order chi connectivity index (χ1) is 57.8. The molecule has 744 valence electrons. The number of Topliss-reactive ketones (excluding diaryl/α,β-unsaturated/α-hetero) is 1. The van der Waals surface area contributed by atoms with Gasteiger partial charge in [-0.2, -0.15) is 0 Å². The van der Waals surface area contributed by atoms with E-state index in [1.165, 1.54) is 111 Å². The maximum absolute atomic E-state index is 14.5. The zero-order valence-corrected chi connectivity index (χ0v) is 94.0. The SMILES string of the molecule is C.CCC.CCCC.CCCCC.CCCCCC.CCCCCCC.CCCCCCC(C(C)=O)N1CC(C)CC(N(C)C(=O)C(C(C)C)N2CC(C)CC(N(C)C(=O)C(CC)N(C)C(=O)C(CC)NC)C2=O)C1=O.CCO.CCO.CCO.CCO.CCO.CPB=O.CPB=O.CPB=O.CPB=O.ClCCl.ClCCl.ClCCl.ClCCl.O=BPCl. The molecule has 5 amide bonds. The molecule has 13 unspecified atom stereocenters. The van der Waals surface area contributed by atoms with Gasteiger partial charge in [-0.3, -0.25) is 28.8 Å². The number of unbranched alkanes of at least 4 members (excludes halogenated alkanes) is 13. The van der Waals surface area contributed by atoms with Crippen molar-refractivity contribution >= 4 is 215 Å². The van der Waals surface area contributed by atoms with Crippen LogP contribution in [-0.4, -0.2) is 278 Å². The summed E-state index contributed by atoms with van der Waals surface area (Å²) in [4.78, 5) is 90.4. The molecule has 0 bridgehead atoms. The fourth-order valence-corrected chi connectivity index (χ4v) is 9.44. The van der Waals surface area contributed by atoms with Crippen molar-refractivity contribution in [3.8, 4) is 0 Å². The van der Waals surface area contributed by atoms with E-state index < -0.39 is 36.3 Å². The van der Waals surface area contributed by atoms with Crippen LogP contribution in [0.1, 0.15) is 321 Å². The van der Waals surface area contributed by atoms with Crippen molar-refractivity contribution in [1.29, 1.82) is 0 Å². The van der Waals surface area contributed by atoms with Crippen molar-refractivity contribution < 1.29 is 77.8 Å². The molecule has 22 nitrogen and oxygen atoms in total. The molecule has 41 heteroatoms. The summed E-state index contributed by atoms with van der Waals surface area (Å²) >= 11 is 43.0. The molecular formula is C82H187B5Cl9N6O16P5. The van der Waals surface area contributed by atoms with Gasteiger partial charge in [0, 0.05) is 67.3 Å². The van der Waals surface area contributed by atoms with E-state index in [2.05, 4.69) is 81.5 Å². The fourth-order valence-electron chi connectivity index (χ4n) is 9.44. The number of aliphatic hydroxyl groups excluding tert-OH is 5. The van der Waals surface area contributed by atoms with E-state index in [4.69, 9.17) is 134 Å². The van der Waals surface area contributed by atoms with Gasteiger partial charge in [0.25, 0.3) is 0 Å². The zero-order chi connectivity index (χ0) is 100. The summed E-state index contributed by atoms with van der Waals surface area (Å²) in [5, 5.41) is 41.6. The Morgan fingerprint density at radius 3 is 0.894 bits per heavy atom. The molecule has 2 rings (SSSR count). The number of hydrogen-bond donors (Lipinski definition) is 6. The normalized spacial score (nSPS) is 14.0. The number of alkyl halides is 8. The van der Waals surface area contributed by atoms with E-state index in [1.807, 2.05) is 68.2 Å². The molecular weight excluding hydrogens is 1850 g/mol. The van der Waals surface area contributed by atoms with Gasteiger partial charge in [0.1, 0.15) is 24.2 Å². The van der Waals surface area contributed by atoms with E-state index in [-0.39, 0.29) is 123 Å². The number of likely N-dealkylation sites (N-methyl/N-ethyl adjacent to an activating group) is 4. The van der Waals surface area contributed by atoms with Gasteiger partial charge in [0.05, 0.1) is 33.4 Å². The number of carbonyl (C=O) groups is 6. The molecule has 6 N–H and O–H groups in total. The Kier molecular flexibility index (Phi) is 221. The summed E-state index contributed by atoms with van der Waals surface area (Å²) in [5.74, 6) is -1.57. The summed E-state index contributed by atoms with van der Waals surface area (Å²) in [5.41, 5.74) is 0. The van der Waals surface area contributed by atoms with Crippen molar-refractivity contribution in [3.63, 3.8) is 0 Å². The first kappa shape index (κ1) is 170. The van der Waals surface area contributed by atoms with Crippen LogP contribution in [0.4, 0.5) is 0 Å². The molecule has 0 aliphatic carbocycles. The number of nitrogens with zero attached hydrogens (tertiary/aromatic N) is 5. The van der Waals surface area contributed by atoms with E-state index in [0.29, 0.717) is 85.9 Å². The quantitative estimate of drug-likeness (QED) is 0.0154. The molecule has 2 heterocycles. The molecule has 123 heavy (non-hydrogen) atoms. The van der Waals surface area contributed by atoms with E-state index in [9.17, 15) is 47.6 Å². The minimum absolute atomic E-state index is 0. The maximum atomic E-state index is 14.5. The summed E-state index contributed by atoms with van der Waals surface area (Å²) in [6, 6.07) is -4.06. The van der Waals surface area contributed by atoms with Crippen LogP contribution in [0.15, 0.2) is 0 Å². The average molecular weight is 2040 g/mol. The van der Waals surface area contributed by atoms with Gasteiger partial charge >= 0.3 is 137 Å². The topological polar surface area (TPSA) is 317 Å². The third kappa shape index (κ3) is 143. The first-order valence-electron chi connectivity index (χ1n) is 43.2. The van der Waals surface area contributed by atoms with Gasteiger partial charge in [-0.1, -0.05) is 247 Å². The van der Waals surface area contributed by atoms with E-state index >= 15 is 0 Å². The van der Waals surface area contributed by atoms with Crippen LogP contribution in [0.5, 0.6) is 0 Å².